The van der Waals surface area contributed by atoms with Crippen molar-refractivity contribution in [3.63, 3.8) is 0 Å². The monoisotopic (exact) mass is 255 g/mol. The predicted octanol–water partition coefficient (Wildman–Crippen LogP) is 3.01. The summed E-state index contributed by atoms with van der Waals surface area (Å²) < 4.78 is 1.93. The molecule has 1 aliphatic rings. The molecule has 2 rings (SSSR count). The van der Waals surface area contributed by atoms with Crippen LogP contribution in [-0.2, 0) is 6.54 Å². The SMILES string of the molecule is Cc1nn(CCNC2CCCCC2C)cc1Cl. The van der Waals surface area contributed by atoms with Crippen molar-refractivity contribution < 1.29 is 0 Å². The van der Waals surface area contributed by atoms with Gasteiger partial charge in [0.2, 0.25) is 0 Å². The van der Waals surface area contributed by atoms with E-state index < -0.39 is 0 Å². The number of aromatic nitrogens is 2. The number of nitrogens with one attached hydrogen (secondary N) is 1. The smallest absolute Gasteiger partial charge is 0.0814 e. The lowest BCUT2D eigenvalue weighted by atomic mass is 9.86. The van der Waals surface area contributed by atoms with E-state index in [1.165, 1.54) is 25.7 Å². The molecule has 1 N–H and O–H groups in total. The number of aryl methyl sites for hydroxylation is 1. The Balaban J connectivity index is 1.75. The van der Waals surface area contributed by atoms with Crippen molar-refractivity contribution >= 4 is 11.6 Å². The van der Waals surface area contributed by atoms with Gasteiger partial charge in [0.1, 0.15) is 0 Å². The van der Waals surface area contributed by atoms with Crippen molar-refractivity contribution in [3.05, 3.63) is 16.9 Å². The lowest BCUT2D eigenvalue weighted by molar-refractivity contribution is 0.277. The lowest BCUT2D eigenvalue weighted by Crippen LogP contribution is -2.38. The molecule has 1 aliphatic carbocycles. The van der Waals surface area contributed by atoms with Crippen molar-refractivity contribution in [2.75, 3.05) is 6.54 Å². The van der Waals surface area contributed by atoms with E-state index in [4.69, 9.17) is 11.6 Å². The van der Waals surface area contributed by atoms with Gasteiger partial charge in [-0.05, 0) is 25.7 Å². The van der Waals surface area contributed by atoms with Gasteiger partial charge in [-0.25, -0.2) is 0 Å². The summed E-state index contributed by atoms with van der Waals surface area (Å²) in [5, 5.41) is 8.76. The van der Waals surface area contributed by atoms with Crippen LogP contribution < -0.4 is 5.32 Å². The fourth-order valence-electron chi connectivity index (χ4n) is 2.59. The second-order valence-electron chi connectivity index (χ2n) is 5.15. The maximum atomic E-state index is 5.98. The molecule has 1 heterocycles. The van der Waals surface area contributed by atoms with Crippen LogP contribution in [0.5, 0.6) is 0 Å². The normalized spacial score (nSPS) is 25.1. The Labute approximate surface area is 109 Å². The number of halogens is 1. The average Bonchev–Trinajstić information content (AvgIpc) is 2.61. The number of hydrogen-bond donors (Lipinski definition) is 1. The van der Waals surface area contributed by atoms with Gasteiger partial charge in [0.05, 0.1) is 17.3 Å². The lowest BCUT2D eigenvalue weighted by Gasteiger charge is -2.29. The number of rotatable bonds is 4. The third kappa shape index (κ3) is 3.46. The minimum atomic E-state index is 0.691. The molecule has 2 unspecified atom stereocenters. The van der Waals surface area contributed by atoms with Crippen molar-refractivity contribution in [1.82, 2.24) is 15.1 Å². The summed E-state index contributed by atoms with van der Waals surface area (Å²) in [4.78, 5) is 0. The second-order valence-corrected chi connectivity index (χ2v) is 5.56. The van der Waals surface area contributed by atoms with Crippen LogP contribution in [0.4, 0.5) is 0 Å². The second kappa shape index (κ2) is 5.87. The van der Waals surface area contributed by atoms with Crippen molar-refractivity contribution in [3.8, 4) is 0 Å². The summed E-state index contributed by atoms with van der Waals surface area (Å²) in [6.45, 7) is 6.17. The minimum Gasteiger partial charge on any atom is -0.312 e. The molecular weight excluding hydrogens is 234 g/mol. The van der Waals surface area contributed by atoms with Gasteiger partial charge >= 0.3 is 0 Å². The van der Waals surface area contributed by atoms with Gasteiger partial charge in [0.25, 0.3) is 0 Å². The average molecular weight is 256 g/mol. The quantitative estimate of drug-likeness (QED) is 0.896. The highest BCUT2D eigenvalue weighted by Crippen LogP contribution is 2.23. The first-order chi connectivity index (χ1) is 8.16. The third-order valence-corrected chi connectivity index (χ3v) is 4.12. The molecule has 0 spiro atoms. The summed E-state index contributed by atoms with van der Waals surface area (Å²) in [5.74, 6) is 0.812. The maximum Gasteiger partial charge on any atom is 0.0814 e. The van der Waals surface area contributed by atoms with Gasteiger partial charge < -0.3 is 5.32 Å². The Morgan fingerprint density at radius 1 is 1.47 bits per heavy atom. The molecule has 0 aromatic carbocycles. The van der Waals surface area contributed by atoms with Crippen LogP contribution in [0.2, 0.25) is 5.02 Å². The molecule has 1 fully saturated rings. The number of nitrogens with zero attached hydrogens (tertiary/aromatic N) is 2. The molecule has 17 heavy (non-hydrogen) atoms. The van der Waals surface area contributed by atoms with Crippen LogP contribution >= 0.6 is 11.6 Å². The fraction of sp³-hybridized carbons (Fsp3) is 0.769. The zero-order valence-corrected chi connectivity index (χ0v) is 11.5. The molecule has 0 aliphatic heterocycles. The Kier molecular flexibility index (Phi) is 4.46. The van der Waals surface area contributed by atoms with E-state index in [9.17, 15) is 0 Å². The van der Waals surface area contributed by atoms with Gasteiger partial charge in [-0.3, -0.25) is 4.68 Å². The highest BCUT2D eigenvalue weighted by Gasteiger charge is 2.20. The fourth-order valence-corrected chi connectivity index (χ4v) is 2.74. The Morgan fingerprint density at radius 2 is 2.24 bits per heavy atom. The topological polar surface area (TPSA) is 29.9 Å². The zero-order valence-electron chi connectivity index (χ0n) is 10.7. The molecule has 0 radical (unpaired) electrons. The van der Waals surface area contributed by atoms with E-state index in [1.807, 2.05) is 17.8 Å². The molecule has 4 heteroatoms. The Bertz CT molecular complexity index is 342. The Morgan fingerprint density at radius 3 is 2.88 bits per heavy atom. The van der Waals surface area contributed by atoms with Crippen LogP contribution in [0.15, 0.2) is 6.20 Å². The van der Waals surface area contributed by atoms with E-state index in [1.54, 1.807) is 0 Å². The van der Waals surface area contributed by atoms with Crippen LogP contribution in [0.25, 0.3) is 0 Å². The van der Waals surface area contributed by atoms with Gasteiger partial charge in [-0.2, -0.15) is 5.10 Å². The van der Waals surface area contributed by atoms with Crippen LogP contribution in [-0.4, -0.2) is 22.4 Å². The summed E-state index contributed by atoms with van der Waals surface area (Å²) >= 11 is 5.98. The van der Waals surface area contributed by atoms with Gasteiger partial charge in [0.15, 0.2) is 0 Å². The molecule has 1 aromatic heterocycles. The van der Waals surface area contributed by atoms with E-state index in [-0.39, 0.29) is 0 Å². The minimum absolute atomic E-state index is 0.691. The highest BCUT2D eigenvalue weighted by atomic mass is 35.5. The maximum absolute atomic E-state index is 5.98. The van der Waals surface area contributed by atoms with Gasteiger partial charge in [-0.15, -0.1) is 0 Å². The standard InChI is InChI=1S/C13H22ClN3/c1-10-5-3-4-6-13(10)15-7-8-17-9-12(14)11(2)16-17/h9-10,13,15H,3-8H2,1-2H3. The van der Waals surface area contributed by atoms with E-state index in [0.717, 1.165) is 29.7 Å². The van der Waals surface area contributed by atoms with Crippen LogP contribution in [0, 0.1) is 12.8 Å². The summed E-state index contributed by atoms with van der Waals surface area (Å²) in [6, 6.07) is 0.691. The highest BCUT2D eigenvalue weighted by molar-refractivity contribution is 6.31. The molecule has 0 saturated heterocycles. The summed E-state index contributed by atoms with van der Waals surface area (Å²) in [5.41, 5.74) is 0.915. The molecule has 2 atom stereocenters. The molecule has 0 bridgehead atoms. The summed E-state index contributed by atoms with van der Waals surface area (Å²) in [6.07, 6.45) is 7.36. The predicted molar refractivity (Wildman–Crippen MR) is 71.4 cm³/mol. The first kappa shape index (κ1) is 12.9. The van der Waals surface area contributed by atoms with Crippen molar-refractivity contribution in [2.24, 2.45) is 5.92 Å². The molecule has 1 aromatic rings. The zero-order chi connectivity index (χ0) is 12.3. The number of hydrogen-bond acceptors (Lipinski definition) is 2. The van der Waals surface area contributed by atoms with Gasteiger partial charge in [-0.1, -0.05) is 31.4 Å². The van der Waals surface area contributed by atoms with Crippen molar-refractivity contribution in [1.29, 1.82) is 0 Å². The van der Waals surface area contributed by atoms with E-state index in [0.29, 0.717) is 6.04 Å². The molecule has 0 amide bonds. The van der Waals surface area contributed by atoms with E-state index in [2.05, 4.69) is 17.3 Å². The molecule has 96 valence electrons. The molecular formula is C13H22ClN3. The van der Waals surface area contributed by atoms with Gasteiger partial charge in [0, 0.05) is 18.8 Å². The summed E-state index contributed by atoms with van der Waals surface area (Å²) in [7, 11) is 0. The van der Waals surface area contributed by atoms with Crippen LogP contribution in [0.3, 0.4) is 0 Å². The van der Waals surface area contributed by atoms with E-state index >= 15 is 0 Å². The first-order valence-electron chi connectivity index (χ1n) is 6.60. The van der Waals surface area contributed by atoms with Crippen molar-refractivity contribution in [2.45, 2.75) is 52.1 Å². The largest absolute Gasteiger partial charge is 0.312 e. The first-order valence-corrected chi connectivity index (χ1v) is 6.97. The Hall–Kier alpha value is -0.540. The molecule has 1 saturated carbocycles. The molecule has 3 nitrogen and oxygen atoms in total. The third-order valence-electron chi connectivity index (χ3n) is 3.75. The van der Waals surface area contributed by atoms with Crippen LogP contribution in [0.1, 0.15) is 38.3 Å².